The van der Waals surface area contributed by atoms with Crippen LogP contribution in [0.2, 0.25) is 0 Å². The Morgan fingerprint density at radius 3 is 3.00 bits per heavy atom. The topological polar surface area (TPSA) is 37.3 Å². The van der Waals surface area contributed by atoms with Crippen molar-refractivity contribution in [1.29, 1.82) is 0 Å². The molecule has 116 valence electrons. The SMILES string of the molecule is [2H]C([2H])([2H])[C@@H]1CC2=CC(=O)CC[C@@H]2[C@H]2CC[C@]3(C)[C@@H](O)CC[C@H]3[C@@H]21. The van der Waals surface area contributed by atoms with Gasteiger partial charge in [-0.05, 0) is 79.6 Å². The molecule has 4 aliphatic rings. The number of carbonyl (C=O) groups is 1. The molecular formula is C19H28O2. The van der Waals surface area contributed by atoms with Gasteiger partial charge in [0.25, 0.3) is 0 Å². The Morgan fingerprint density at radius 1 is 1.33 bits per heavy atom. The van der Waals surface area contributed by atoms with Crippen LogP contribution >= 0.6 is 0 Å². The summed E-state index contributed by atoms with van der Waals surface area (Å²) in [7, 11) is 0. The zero-order chi connectivity index (χ0) is 17.3. The largest absolute Gasteiger partial charge is 0.393 e. The zero-order valence-corrected chi connectivity index (χ0v) is 12.8. The van der Waals surface area contributed by atoms with Crippen LogP contribution in [0.15, 0.2) is 11.6 Å². The first-order valence-corrected chi connectivity index (χ1v) is 8.63. The monoisotopic (exact) mass is 291 g/mol. The van der Waals surface area contributed by atoms with Gasteiger partial charge in [-0.25, -0.2) is 0 Å². The maximum absolute atomic E-state index is 11.9. The molecule has 2 heteroatoms. The molecule has 4 aliphatic carbocycles. The van der Waals surface area contributed by atoms with Crippen LogP contribution in [0.1, 0.15) is 62.8 Å². The molecule has 0 heterocycles. The first-order valence-electron chi connectivity index (χ1n) is 10.1. The number of rotatable bonds is 0. The van der Waals surface area contributed by atoms with E-state index in [0.717, 1.165) is 37.7 Å². The van der Waals surface area contributed by atoms with Crippen LogP contribution in [0.4, 0.5) is 0 Å². The molecule has 3 saturated carbocycles. The number of aliphatic hydroxyl groups is 1. The Labute approximate surface area is 132 Å². The van der Waals surface area contributed by atoms with Gasteiger partial charge in [-0.2, -0.15) is 0 Å². The molecule has 2 nitrogen and oxygen atoms in total. The van der Waals surface area contributed by atoms with Crippen LogP contribution in [0, 0.1) is 35.0 Å². The molecule has 3 fully saturated rings. The Morgan fingerprint density at radius 2 is 2.19 bits per heavy atom. The third kappa shape index (κ3) is 1.91. The number of allylic oxidation sites excluding steroid dienone is 1. The normalized spacial score (nSPS) is 55.4. The fourth-order valence-electron chi connectivity index (χ4n) is 6.20. The standard InChI is InChI=1S/C19H28O2/c1-11-9-12-10-13(20)3-4-14(12)15-7-8-19(2)16(18(11)15)5-6-17(19)21/h10-11,14-18,21H,3-9H2,1-2H3/t11-,14+,15-,16+,17+,18-,19+/m1/s1/i1D3. The van der Waals surface area contributed by atoms with E-state index < -0.39 is 6.85 Å². The first kappa shape index (κ1) is 11.0. The Balaban J connectivity index is 1.75. The maximum atomic E-state index is 11.9. The van der Waals surface area contributed by atoms with E-state index in [1.54, 1.807) is 6.08 Å². The van der Waals surface area contributed by atoms with E-state index in [0.29, 0.717) is 30.6 Å². The average Bonchev–Trinajstić information content (AvgIpc) is 2.80. The number of carbonyl (C=O) groups excluding carboxylic acids is 1. The lowest BCUT2D eigenvalue weighted by molar-refractivity contribution is -0.116. The van der Waals surface area contributed by atoms with Gasteiger partial charge in [-0.15, -0.1) is 0 Å². The molecule has 4 rings (SSSR count). The van der Waals surface area contributed by atoms with Gasteiger partial charge in [0, 0.05) is 10.5 Å². The number of hydrogen-bond acceptors (Lipinski definition) is 2. The van der Waals surface area contributed by atoms with Crippen LogP contribution < -0.4 is 0 Å². The molecule has 0 bridgehead atoms. The summed E-state index contributed by atoms with van der Waals surface area (Å²) < 4.78 is 24.4. The number of fused-ring (bicyclic) bond motifs is 5. The maximum Gasteiger partial charge on any atom is 0.155 e. The summed E-state index contributed by atoms with van der Waals surface area (Å²) >= 11 is 0. The fourth-order valence-corrected chi connectivity index (χ4v) is 6.20. The van der Waals surface area contributed by atoms with E-state index >= 15 is 0 Å². The fraction of sp³-hybridized carbons (Fsp3) is 0.842. The first-order chi connectivity index (χ1) is 11.2. The molecule has 0 aromatic heterocycles. The Hall–Kier alpha value is -0.630. The van der Waals surface area contributed by atoms with Crippen molar-refractivity contribution in [3.63, 3.8) is 0 Å². The zero-order valence-electron chi connectivity index (χ0n) is 15.8. The molecule has 0 aromatic carbocycles. The Kier molecular flexibility index (Phi) is 2.45. The molecule has 0 aromatic rings. The van der Waals surface area contributed by atoms with Crippen LogP contribution in [-0.4, -0.2) is 17.0 Å². The molecular weight excluding hydrogens is 260 g/mol. The molecule has 0 saturated heterocycles. The summed E-state index contributed by atoms with van der Waals surface area (Å²) in [5.41, 5.74) is 0.992. The molecule has 0 unspecified atom stereocenters. The van der Waals surface area contributed by atoms with Crippen molar-refractivity contribution in [2.75, 3.05) is 0 Å². The van der Waals surface area contributed by atoms with E-state index in [2.05, 4.69) is 6.92 Å². The van der Waals surface area contributed by atoms with Gasteiger partial charge < -0.3 is 5.11 Å². The van der Waals surface area contributed by atoms with Crippen molar-refractivity contribution in [3.8, 4) is 0 Å². The van der Waals surface area contributed by atoms with E-state index in [4.69, 9.17) is 4.11 Å². The van der Waals surface area contributed by atoms with Crippen molar-refractivity contribution in [2.45, 2.75) is 64.8 Å². The van der Waals surface area contributed by atoms with Gasteiger partial charge in [0.1, 0.15) is 0 Å². The lowest BCUT2D eigenvalue weighted by Crippen LogP contribution is -2.50. The summed E-state index contributed by atoms with van der Waals surface area (Å²) in [5.74, 6) is 1.08. The lowest BCUT2D eigenvalue weighted by atomic mass is 9.49. The molecule has 0 aliphatic heterocycles. The predicted molar refractivity (Wildman–Crippen MR) is 82.6 cm³/mol. The van der Waals surface area contributed by atoms with Crippen molar-refractivity contribution in [3.05, 3.63) is 11.6 Å². The van der Waals surface area contributed by atoms with Crippen molar-refractivity contribution in [2.24, 2.45) is 35.0 Å². The summed E-state index contributed by atoms with van der Waals surface area (Å²) in [4.78, 5) is 11.9. The second-order valence-corrected chi connectivity index (χ2v) is 8.13. The van der Waals surface area contributed by atoms with Gasteiger partial charge >= 0.3 is 0 Å². The summed E-state index contributed by atoms with van der Waals surface area (Å²) in [6, 6.07) is 0. The number of ketones is 1. The van der Waals surface area contributed by atoms with Crippen LogP contribution in [0.25, 0.3) is 0 Å². The molecule has 0 radical (unpaired) electrons. The average molecular weight is 291 g/mol. The minimum atomic E-state index is -1.99. The third-order valence-electron chi connectivity index (χ3n) is 7.30. The van der Waals surface area contributed by atoms with Gasteiger partial charge in [0.05, 0.1) is 6.10 Å². The molecule has 0 amide bonds. The molecule has 21 heavy (non-hydrogen) atoms. The second-order valence-electron chi connectivity index (χ2n) is 8.13. The van der Waals surface area contributed by atoms with E-state index in [1.165, 1.54) is 0 Å². The van der Waals surface area contributed by atoms with Crippen LogP contribution in [0.5, 0.6) is 0 Å². The smallest absolute Gasteiger partial charge is 0.155 e. The van der Waals surface area contributed by atoms with Crippen molar-refractivity contribution in [1.82, 2.24) is 0 Å². The van der Waals surface area contributed by atoms with Gasteiger partial charge in [-0.3, -0.25) is 4.79 Å². The molecule has 0 spiro atoms. The quantitative estimate of drug-likeness (QED) is 0.738. The number of aliphatic hydroxyl groups excluding tert-OH is 1. The minimum Gasteiger partial charge on any atom is -0.393 e. The highest BCUT2D eigenvalue weighted by atomic mass is 16.3. The van der Waals surface area contributed by atoms with Gasteiger partial charge in [0.15, 0.2) is 5.78 Å². The van der Waals surface area contributed by atoms with Crippen LogP contribution in [-0.2, 0) is 4.79 Å². The molecule has 1 N–H and O–H groups in total. The lowest BCUT2D eigenvalue weighted by Gasteiger charge is -2.55. The highest BCUT2D eigenvalue weighted by Crippen LogP contribution is 2.62. The Bertz CT molecular complexity index is 582. The van der Waals surface area contributed by atoms with E-state index in [1.807, 2.05) is 0 Å². The van der Waals surface area contributed by atoms with E-state index in [9.17, 15) is 9.90 Å². The summed E-state index contributed by atoms with van der Waals surface area (Å²) in [6.45, 7) is 0.193. The highest BCUT2D eigenvalue weighted by Gasteiger charge is 2.57. The van der Waals surface area contributed by atoms with Gasteiger partial charge in [-0.1, -0.05) is 19.3 Å². The van der Waals surface area contributed by atoms with E-state index in [-0.39, 0.29) is 29.1 Å². The molecule has 7 atom stereocenters. The highest BCUT2D eigenvalue weighted by molar-refractivity contribution is 5.91. The summed E-state index contributed by atoms with van der Waals surface area (Å²) in [6.07, 6.45) is 7.29. The minimum absolute atomic E-state index is 0.115. The predicted octanol–water partition coefficient (Wildman–Crippen LogP) is 3.74. The third-order valence-corrected chi connectivity index (χ3v) is 7.30. The van der Waals surface area contributed by atoms with Crippen molar-refractivity contribution < 1.29 is 14.0 Å². The van der Waals surface area contributed by atoms with Crippen LogP contribution in [0.3, 0.4) is 0 Å². The van der Waals surface area contributed by atoms with Crippen molar-refractivity contribution >= 4 is 5.78 Å². The second kappa shape index (κ2) is 4.68. The van der Waals surface area contributed by atoms with Gasteiger partial charge in [0.2, 0.25) is 0 Å². The number of hydrogen-bond donors (Lipinski definition) is 1. The summed E-state index contributed by atoms with van der Waals surface area (Å²) in [5, 5.41) is 10.5.